The first kappa shape index (κ1) is 14.3. The molecule has 0 unspecified atom stereocenters. The van der Waals surface area contributed by atoms with Crippen LogP contribution in [0.1, 0.15) is 6.92 Å². The van der Waals surface area contributed by atoms with Crippen molar-refractivity contribution in [2.75, 3.05) is 39.0 Å². The molecule has 108 valence electrons. The Morgan fingerprint density at radius 3 is 2.53 bits per heavy atom. The summed E-state index contributed by atoms with van der Waals surface area (Å²) in [5.74, 6) is 0.0310. The SMILES string of the molecule is CCn1cc(S(=O)(=O)NN2CCN(C)CC2)c(N)n1. The molecule has 2 heterocycles. The highest BCUT2D eigenvalue weighted by Crippen LogP contribution is 2.16. The van der Waals surface area contributed by atoms with Crippen molar-refractivity contribution in [1.82, 2.24) is 24.5 Å². The smallest absolute Gasteiger partial charge is 0.258 e. The van der Waals surface area contributed by atoms with Crippen molar-refractivity contribution in [3.63, 3.8) is 0 Å². The predicted molar refractivity (Wildman–Crippen MR) is 71.7 cm³/mol. The second-order valence-corrected chi connectivity index (χ2v) is 6.25. The molecular formula is C10H20N6O2S. The van der Waals surface area contributed by atoms with Gasteiger partial charge in [0.05, 0.1) is 0 Å². The van der Waals surface area contributed by atoms with Crippen molar-refractivity contribution in [3.05, 3.63) is 6.20 Å². The van der Waals surface area contributed by atoms with E-state index in [0.29, 0.717) is 19.6 Å². The van der Waals surface area contributed by atoms with E-state index in [4.69, 9.17) is 5.73 Å². The molecule has 9 heteroatoms. The largest absolute Gasteiger partial charge is 0.381 e. The van der Waals surface area contributed by atoms with Crippen LogP contribution in [0.4, 0.5) is 5.82 Å². The number of anilines is 1. The van der Waals surface area contributed by atoms with Gasteiger partial charge in [-0.1, -0.05) is 0 Å². The minimum absolute atomic E-state index is 0.0310. The third-order valence-electron chi connectivity index (χ3n) is 3.12. The minimum atomic E-state index is -3.65. The number of hydrogen-bond donors (Lipinski definition) is 2. The Morgan fingerprint density at radius 2 is 2.00 bits per heavy atom. The zero-order valence-electron chi connectivity index (χ0n) is 11.2. The lowest BCUT2D eigenvalue weighted by molar-refractivity contribution is 0.135. The number of nitrogens with two attached hydrogens (primary N) is 1. The van der Waals surface area contributed by atoms with Crippen molar-refractivity contribution < 1.29 is 8.42 Å². The molecule has 0 amide bonds. The van der Waals surface area contributed by atoms with E-state index in [1.54, 1.807) is 5.01 Å². The molecule has 3 N–H and O–H groups in total. The molecule has 0 spiro atoms. The Hall–Kier alpha value is -1.16. The lowest BCUT2D eigenvalue weighted by atomic mass is 10.4. The number of nitrogen functional groups attached to an aromatic ring is 1. The van der Waals surface area contributed by atoms with E-state index in [2.05, 4.69) is 14.8 Å². The molecule has 1 aromatic heterocycles. The quantitative estimate of drug-likeness (QED) is 0.732. The summed E-state index contributed by atoms with van der Waals surface area (Å²) in [7, 11) is -1.64. The predicted octanol–water partition coefficient (Wildman–Crippen LogP) is -1.07. The maximum atomic E-state index is 12.2. The minimum Gasteiger partial charge on any atom is -0.381 e. The average molecular weight is 288 g/mol. The van der Waals surface area contributed by atoms with Gasteiger partial charge in [-0.2, -0.15) is 5.10 Å². The highest BCUT2D eigenvalue weighted by molar-refractivity contribution is 7.89. The van der Waals surface area contributed by atoms with Gasteiger partial charge in [0.1, 0.15) is 4.90 Å². The Labute approximate surface area is 113 Å². The van der Waals surface area contributed by atoms with Crippen LogP contribution < -0.4 is 10.6 Å². The van der Waals surface area contributed by atoms with Crippen LogP contribution in [0.25, 0.3) is 0 Å². The van der Waals surface area contributed by atoms with E-state index in [0.717, 1.165) is 13.1 Å². The van der Waals surface area contributed by atoms with Crippen molar-refractivity contribution in [2.24, 2.45) is 0 Å². The van der Waals surface area contributed by atoms with Gasteiger partial charge in [0, 0.05) is 38.9 Å². The fourth-order valence-corrected chi connectivity index (χ4v) is 3.10. The number of hydrogen-bond acceptors (Lipinski definition) is 6. The molecule has 1 saturated heterocycles. The second kappa shape index (κ2) is 5.45. The van der Waals surface area contributed by atoms with E-state index in [1.165, 1.54) is 10.9 Å². The fraction of sp³-hybridized carbons (Fsp3) is 0.700. The summed E-state index contributed by atoms with van der Waals surface area (Å²) in [5, 5.41) is 5.64. The summed E-state index contributed by atoms with van der Waals surface area (Å²) in [6, 6.07) is 0. The van der Waals surface area contributed by atoms with Gasteiger partial charge in [-0.05, 0) is 14.0 Å². The third-order valence-corrected chi connectivity index (χ3v) is 4.51. The van der Waals surface area contributed by atoms with Crippen molar-refractivity contribution in [3.8, 4) is 0 Å². The molecule has 0 radical (unpaired) electrons. The van der Waals surface area contributed by atoms with Gasteiger partial charge in [0.2, 0.25) is 0 Å². The fourth-order valence-electron chi connectivity index (χ4n) is 1.90. The van der Waals surface area contributed by atoms with Crippen LogP contribution in [-0.4, -0.2) is 61.3 Å². The van der Waals surface area contributed by atoms with Crippen LogP contribution in [0, 0.1) is 0 Å². The first-order valence-corrected chi connectivity index (χ1v) is 7.69. The number of aromatic nitrogens is 2. The summed E-state index contributed by atoms with van der Waals surface area (Å²) in [6.07, 6.45) is 1.45. The molecule has 2 rings (SSSR count). The highest BCUT2D eigenvalue weighted by Gasteiger charge is 2.25. The van der Waals surface area contributed by atoms with Gasteiger partial charge in [-0.25, -0.2) is 13.4 Å². The lowest BCUT2D eigenvalue weighted by Crippen LogP contribution is -2.52. The van der Waals surface area contributed by atoms with Gasteiger partial charge in [-0.3, -0.25) is 4.68 Å². The molecule has 8 nitrogen and oxygen atoms in total. The van der Waals surface area contributed by atoms with Crippen LogP contribution >= 0.6 is 0 Å². The second-order valence-electron chi connectivity index (χ2n) is 4.62. The monoisotopic (exact) mass is 288 g/mol. The molecule has 1 fully saturated rings. The van der Waals surface area contributed by atoms with Gasteiger partial charge in [-0.15, -0.1) is 4.83 Å². The Kier molecular flexibility index (Phi) is 4.09. The molecule has 1 aliphatic rings. The number of nitrogens with one attached hydrogen (secondary N) is 1. The lowest BCUT2D eigenvalue weighted by Gasteiger charge is -2.31. The van der Waals surface area contributed by atoms with Crippen LogP contribution in [-0.2, 0) is 16.6 Å². The van der Waals surface area contributed by atoms with E-state index < -0.39 is 10.0 Å². The number of likely N-dealkylation sites (N-methyl/N-ethyl adjacent to an activating group) is 1. The normalized spacial score (nSPS) is 18.8. The van der Waals surface area contributed by atoms with Crippen LogP contribution in [0.15, 0.2) is 11.1 Å². The van der Waals surface area contributed by atoms with Crippen LogP contribution in [0.2, 0.25) is 0 Å². The molecule has 0 aromatic carbocycles. The molecule has 0 saturated carbocycles. The summed E-state index contributed by atoms with van der Waals surface area (Å²) >= 11 is 0. The van der Waals surface area contributed by atoms with Gasteiger partial charge < -0.3 is 10.6 Å². The molecular weight excluding hydrogens is 268 g/mol. The van der Waals surface area contributed by atoms with E-state index in [9.17, 15) is 8.42 Å². The summed E-state index contributed by atoms with van der Waals surface area (Å²) in [6.45, 7) is 5.40. The number of piperazine rings is 1. The van der Waals surface area contributed by atoms with Gasteiger partial charge >= 0.3 is 0 Å². The maximum absolute atomic E-state index is 12.2. The Balaban J connectivity index is 2.11. The van der Waals surface area contributed by atoms with E-state index >= 15 is 0 Å². The van der Waals surface area contributed by atoms with Crippen LogP contribution in [0.5, 0.6) is 0 Å². The van der Waals surface area contributed by atoms with E-state index in [1.807, 2.05) is 14.0 Å². The van der Waals surface area contributed by atoms with E-state index in [-0.39, 0.29) is 10.7 Å². The molecule has 0 bridgehead atoms. The van der Waals surface area contributed by atoms with Crippen LogP contribution in [0.3, 0.4) is 0 Å². The third kappa shape index (κ3) is 3.24. The summed E-state index contributed by atoms with van der Waals surface area (Å²) in [5.41, 5.74) is 5.65. The first-order valence-electron chi connectivity index (χ1n) is 6.21. The van der Waals surface area contributed by atoms with Gasteiger partial charge in [0.15, 0.2) is 5.82 Å². The molecule has 19 heavy (non-hydrogen) atoms. The Bertz CT molecular complexity index is 532. The number of aryl methyl sites for hydroxylation is 1. The average Bonchev–Trinajstić information content (AvgIpc) is 2.74. The van der Waals surface area contributed by atoms with Crippen molar-refractivity contribution in [2.45, 2.75) is 18.4 Å². The zero-order chi connectivity index (χ0) is 14.0. The van der Waals surface area contributed by atoms with Crippen molar-refractivity contribution in [1.29, 1.82) is 0 Å². The molecule has 1 aromatic rings. The molecule has 0 atom stereocenters. The summed E-state index contributed by atoms with van der Waals surface area (Å²) < 4.78 is 26.0. The number of nitrogens with zero attached hydrogens (tertiary/aromatic N) is 4. The maximum Gasteiger partial charge on any atom is 0.258 e. The number of sulfonamides is 1. The molecule has 0 aliphatic carbocycles. The van der Waals surface area contributed by atoms with Gasteiger partial charge in [0.25, 0.3) is 10.0 Å². The standard InChI is InChI=1S/C10H20N6O2S/c1-3-15-8-9(10(11)12-15)19(17,18)13-16-6-4-14(2)5-7-16/h8,13H,3-7H2,1-2H3,(H2,11,12). The zero-order valence-corrected chi connectivity index (χ0v) is 12.0. The molecule has 1 aliphatic heterocycles. The number of hydrazine groups is 1. The first-order chi connectivity index (χ1) is 8.92. The number of rotatable bonds is 4. The van der Waals surface area contributed by atoms with Crippen molar-refractivity contribution >= 4 is 15.8 Å². The Morgan fingerprint density at radius 1 is 1.37 bits per heavy atom. The topological polar surface area (TPSA) is 96.5 Å². The summed E-state index contributed by atoms with van der Waals surface area (Å²) in [4.78, 5) is 4.74. The highest BCUT2D eigenvalue weighted by atomic mass is 32.2.